The summed E-state index contributed by atoms with van der Waals surface area (Å²) in [5.41, 5.74) is 1.96. The quantitative estimate of drug-likeness (QED) is 0.573. The number of hydrogen-bond acceptors (Lipinski definition) is 6. The van der Waals surface area contributed by atoms with Crippen LogP contribution in [0.25, 0.3) is 11.5 Å². The van der Waals surface area contributed by atoms with Crippen molar-refractivity contribution in [2.45, 2.75) is 11.7 Å². The lowest BCUT2D eigenvalue weighted by molar-refractivity contribution is 0.0949. The zero-order valence-electron chi connectivity index (χ0n) is 12.4. The van der Waals surface area contributed by atoms with Gasteiger partial charge in [-0.05, 0) is 18.4 Å². The summed E-state index contributed by atoms with van der Waals surface area (Å²) in [5.74, 6) is 0.282. The van der Waals surface area contributed by atoms with E-state index in [-0.39, 0.29) is 12.5 Å². The summed E-state index contributed by atoms with van der Waals surface area (Å²) in [6, 6.07) is 9.59. The van der Waals surface area contributed by atoms with Crippen molar-refractivity contribution in [3.8, 4) is 11.5 Å². The van der Waals surface area contributed by atoms with Gasteiger partial charge in [-0.25, -0.2) is 15.0 Å². The molecular weight excluding hydrogens is 312 g/mol. The number of aromatic nitrogens is 3. The molecule has 0 aliphatic rings. The van der Waals surface area contributed by atoms with Gasteiger partial charge in [0.2, 0.25) is 5.89 Å². The van der Waals surface area contributed by atoms with Crippen molar-refractivity contribution in [2.24, 2.45) is 0 Å². The first-order valence-electron chi connectivity index (χ1n) is 6.90. The third kappa shape index (κ3) is 3.75. The van der Waals surface area contributed by atoms with Crippen LogP contribution in [0.3, 0.4) is 0 Å². The molecule has 23 heavy (non-hydrogen) atoms. The van der Waals surface area contributed by atoms with Gasteiger partial charge in [0.1, 0.15) is 6.26 Å². The minimum absolute atomic E-state index is 0.248. The molecule has 0 fully saturated rings. The number of amides is 1. The zero-order valence-corrected chi connectivity index (χ0v) is 13.2. The molecular formula is C16H14N4O2S. The molecule has 3 rings (SSSR count). The zero-order chi connectivity index (χ0) is 16.1. The van der Waals surface area contributed by atoms with Gasteiger partial charge < -0.3 is 9.73 Å². The minimum Gasteiger partial charge on any atom is -0.444 e. The molecule has 0 aliphatic carbocycles. The Labute approximate surface area is 137 Å². The summed E-state index contributed by atoms with van der Waals surface area (Å²) in [6.45, 7) is 0.277. The predicted molar refractivity (Wildman–Crippen MR) is 86.9 cm³/mol. The first-order valence-corrected chi connectivity index (χ1v) is 8.13. The molecule has 0 unspecified atom stereocenters. The fraction of sp³-hybridized carbons (Fsp3) is 0.125. The normalized spacial score (nSPS) is 10.5. The van der Waals surface area contributed by atoms with Gasteiger partial charge >= 0.3 is 0 Å². The first kappa shape index (κ1) is 15.2. The summed E-state index contributed by atoms with van der Waals surface area (Å²) < 4.78 is 5.43. The molecule has 1 N–H and O–H groups in total. The average molecular weight is 326 g/mol. The van der Waals surface area contributed by atoms with Gasteiger partial charge in [-0.2, -0.15) is 0 Å². The van der Waals surface area contributed by atoms with E-state index in [1.165, 1.54) is 30.4 Å². The van der Waals surface area contributed by atoms with Crippen molar-refractivity contribution in [2.75, 3.05) is 6.26 Å². The van der Waals surface area contributed by atoms with E-state index in [1.807, 2.05) is 36.6 Å². The lowest BCUT2D eigenvalue weighted by Gasteiger charge is -2.02. The van der Waals surface area contributed by atoms with Crippen molar-refractivity contribution in [3.05, 3.63) is 60.2 Å². The van der Waals surface area contributed by atoms with E-state index in [9.17, 15) is 4.79 Å². The lowest BCUT2D eigenvalue weighted by Crippen LogP contribution is -2.23. The standard InChI is InChI=1S/C16H14N4O2S/c1-23-16-18-7-12(8-19-16)14(21)17-9-13-10-22-15(20-13)11-5-3-2-4-6-11/h2-8,10H,9H2,1H3,(H,17,21). The van der Waals surface area contributed by atoms with Gasteiger partial charge in [-0.15, -0.1) is 0 Å². The highest BCUT2D eigenvalue weighted by Gasteiger charge is 2.10. The molecule has 1 aromatic carbocycles. The highest BCUT2D eigenvalue weighted by atomic mass is 32.2. The topological polar surface area (TPSA) is 80.9 Å². The van der Waals surface area contributed by atoms with Gasteiger partial charge in [0, 0.05) is 18.0 Å². The SMILES string of the molecule is CSc1ncc(C(=O)NCc2coc(-c3ccccc3)n2)cn1. The van der Waals surface area contributed by atoms with E-state index < -0.39 is 0 Å². The molecule has 0 atom stereocenters. The molecule has 3 aromatic rings. The molecule has 0 saturated heterocycles. The molecule has 6 nitrogen and oxygen atoms in total. The fourth-order valence-corrected chi connectivity index (χ4v) is 2.23. The molecule has 7 heteroatoms. The summed E-state index contributed by atoms with van der Waals surface area (Å²) in [4.78, 5) is 24.5. The number of thioether (sulfide) groups is 1. The van der Waals surface area contributed by atoms with E-state index in [0.717, 1.165) is 5.56 Å². The number of hydrogen-bond donors (Lipinski definition) is 1. The summed E-state index contributed by atoms with van der Waals surface area (Å²) in [5, 5.41) is 3.40. The molecule has 2 heterocycles. The second kappa shape index (κ2) is 7.06. The van der Waals surface area contributed by atoms with Crippen LogP contribution in [0.2, 0.25) is 0 Å². The molecule has 1 amide bonds. The largest absolute Gasteiger partial charge is 0.444 e. The number of carbonyl (C=O) groups excluding carboxylic acids is 1. The number of nitrogens with one attached hydrogen (secondary N) is 1. The number of nitrogens with zero attached hydrogens (tertiary/aromatic N) is 3. The van der Waals surface area contributed by atoms with Crippen LogP contribution in [0.5, 0.6) is 0 Å². The van der Waals surface area contributed by atoms with E-state index >= 15 is 0 Å². The Balaban J connectivity index is 1.62. The smallest absolute Gasteiger partial charge is 0.254 e. The Hall–Kier alpha value is -2.67. The van der Waals surface area contributed by atoms with E-state index in [2.05, 4.69) is 20.3 Å². The molecule has 2 aromatic heterocycles. The van der Waals surface area contributed by atoms with Crippen molar-refractivity contribution in [1.82, 2.24) is 20.3 Å². The van der Waals surface area contributed by atoms with E-state index in [4.69, 9.17) is 4.42 Å². The lowest BCUT2D eigenvalue weighted by atomic mass is 10.2. The summed E-state index contributed by atoms with van der Waals surface area (Å²) >= 11 is 1.42. The van der Waals surface area contributed by atoms with Crippen LogP contribution in [0, 0.1) is 0 Å². The Kier molecular flexibility index (Phi) is 4.68. The Bertz CT molecular complexity index is 787. The van der Waals surface area contributed by atoms with E-state index in [0.29, 0.717) is 22.3 Å². The van der Waals surface area contributed by atoms with Gasteiger partial charge in [0.15, 0.2) is 5.16 Å². The Morgan fingerprint density at radius 1 is 1.22 bits per heavy atom. The van der Waals surface area contributed by atoms with Gasteiger partial charge in [-0.3, -0.25) is 4.79 Å². The summed E-state index contributed by atoms with van der Waals surface area (Å²) in [7, 11) is 0. The maximum Gasteiger partial charge on any atom is 0.254 e. The second-order valence-electron chi connectivity index (χ2n) is 4.65. The van der Waals surface area contributed by atoms with Crippen molar-refractivity contribution < 1.29 is 9.21 Å². The van der Waals surface area contributed by atoms with Crippen molar-refractivity contribution in [3.63, 3.8) is 0 Å². The molecule has 0 saturated carbocycles. The number of benzene rings is 1. The molecule has 0 aliphatic heterocycles. The second-order valence-corrected chi connectivity index (χ2v) is 5.42. The van der Waals surface area contributed by atoms with Crippen LogP contribution in [-0.2, 0) is 6.54 Å². The Morgan fingerprint density at radius 3 is 2.65 bits per heavy atom. The van der Waals surface area contributed by atoms with Gasteiger partial charge in [0.25, 0.3) is 5.91 Å². The third-order valence-electron chi connectivity index (χ3n) is 3.08. The van der Waals surface area contributed by atoms with Gasteiger partial charge in [0.05, 0.1) is 17.8 Å². The number of carbonyl (C=O) groups is 1. The van der Waals surface area contributed by atoms with Crippen LogP contribution < -0.4 is 5.32 Å². The highest BCUT2D eigenvalue weighted by molar-refractivity contribution is 7.98. The van der Waals surface area contributed by atoms with E-state index in [1.54, 1.807) is 0 Å². The van der Waals surface area contributed by atoms with Gasteiger partial charge in [-0.1, -0.05) is 30.0 Å². The van der Waals surface area contributed by atoms with Crippen molar-refractivity contribution >= 4 is 17.7 Å². The average Bonchev–Trinajstić information content (AvgIpc) is 3.09. The third-order valence-corrected chi connectivity index (χ3v) is 3.65. The minimum atomic E-state index is -0.248. The first-order chi connectivity index (χ1) is 11.3. The van der Waals surface area contributed by atoms with Crippen molar-refractivity contribution in [1.29, 1.82) is 0 Å². The maximum atomic E-state index is 12.0. The maximum absolute atomic E-state index is 12.0. The Morgan fingerprint density at radius 2 is 1.96 bits per heavy atom. The molecule has 116 valence electrons. The molecule has 0 radical (unpaired) electrons. The van der Waals surface area contributed by atoms with Crippen LogP contribution in [0.4, 0.5) is 0 Å². The highest BCUT2D eigenvalue weighted by Crippen LogP contribution is 2.17. The number of oxazole rings is 1. The van der Waals surface area contributed by atoms with Crippen LogP contribution >= 0.6 is 11.8 Å². The molecule has 0 spiro atoms. The summed E-state index contributed by atoms with van der Waals surface area (Å²) in [6.07, 6.45) is 6.43. The van der Waals surface area contributed by atoms with Crippen LogP contribution in [0.1, 0.15) is 16.1 Å². The molecule has 0 bridgehead atoms. The monoisotopic (exact) mass is 326 g/mol. The fourth-order valence-electron chi connectivity index (χ4n) is 1.91. The predicted octanol–water partition coefficient (Wildman–Crippen LogP) is 2.78. The number of rotatable bonds is 5. The van der Waals surface area contributed by atoms with Crippen LogP contribution in [-0.4, -0.2) is 27.1 Å². The van der Waals surface area contributed by atoms with Crippen LogP contribution in [0.15, 0.2) is 58.6 Å².